The van der Waals surface area contributed by atoms with Crippen molar-refractivity contribution in [3.8, 4) is 5.75 Å². The van der Waals surface area contributed by atoms with Crippen molar-refractivity contribution in [2.24, 2.45) is 0 Å². The van der Waals surface area contributed by atoms with E-state index in [4.69, 9.17) is 0 Å². The Hall–Kier alpha value is -2.14. The summed E-state index contributed by atoms with van der Waals surface area (Å²) in [5.41, 5.74) is 2.25. The van der Waals surface area contributed by atoms with E-state index in [-0.39, 0.29) is 5.75 Å². The van der Waals surface area contributed by atoms with Crippen molar-refractivity contribution in [1.29, 1.82) is 0 Å². The third kappa shape index (κ3) is 2.31. The van der Waals surface area contributed by atoms with Gasteiger partial charge in [-0.25, -0.2) is 9.97 Å². The first kappa shape index (κ1) is 13.5. The molecule has 0 spiro atoms. The van der Waals surface area contributed by atoms with Gasteiger partial charge in [0.1, 0.15) is 22.2 Å². The zero-order chi connectivity index (χ0) is 15.1. The molecule has 0 saturated carbocycles. The van der Waals surface area contributed by atoms with Crippen LogP contribution < -0.4 is 5.32 Å². The zero-order valence-corrected chi connectivity index (χ0v) is 13.2. The van der Waals surface area contributed by atoms with Crippen molar-refractivity contribution < 1.29 is 5.11 Å². The van der Waals surface area contributed by atoms with Crippen molar-refractivity contribution >= 4 is 33.1 Å². The third-order valence-corrected chi connectivity index (χ3v) is 5.22. The van der Waals surface area contributed by atoms with Crippen LogP contribution in [0, 0.1) is 6.92 Å². The molecule has 112 valence electrons. The van der Waals surface area contributed by atoms with E-state index in [1.54, 1.807) is 23.5 Å². The molecule has 0 bridgehead atoms. The number of benzene rings is 1. The van der Waals surface area contributed by atoms with Gasteiger partial charge in [0.15, 0.2) is 0 Å². The highest BCUT2D eigenvalue weighted by molar-refractivity contribution is 7.19. The molecule has 4 nitrogen and oxygen atoms in total. The molecule has 2 aromatic heterocycles. The molecule has 0 atom stereocenters. The molecule has 5 heteroatoms. The first-order valence-corrected chi connectivity index (χ1v) is 8.37. The fraction of sp³-hybridized carbons (Fsp3) is 0.294. The quantitative estimate of drug-likeness (QED) is 0.739. The molecular weight excluding hydrogens is 294 g/mol. The fourth-order valence-electron chi connectivity index (χ4n) is 3.07. The number of anilines is 2. The monoisotopic (exact) mass is 311 g/mol. The molecule has 2 heterocycles. The fourth-order valence-corrected chi connectivity index (χ4v) is 4.38. The maximum Gasteiger partial charge on any atom is 0.143 e. The molecule has 0 radical (unpaired) electrons. The van der Waals surface area contributed by atoms with Crippen LogP contribution in [0.15, 0.2) is 24.3 Å². The summed E-state index contributed by atoms with van der Waals surface area (Å²) in [6, 6.07) is 7.13. The lowest BCUT2D eigenvalue weighted by Crippen LogP contribution is -2.02. The Morgan fingerprint density at radius 2 is 2.05 bits per heavy atom. The van der Waals surface area contributed by atoms with Gasteiger partial charge in [0, 0.05) is 16.6 Å². The maximum absolute atomic E-state index is 9.64. The first-order chi connectivity index (χ1) is 10.7. The second-order valence-corrected chi connectivity index (χ2v) is 6.77. The van der Waals surface area contributed by atoms with Gasteiger partial charge in [0.05, 0.1) is 5.39 Å². The number of phenols is 1. The number of thiophene rings is 1. The average molecular weight is 311 g/mol. The van der Waals surface area contributed by atoms with Gasteiger partial charge in [-0.2, -0.15) is 0 Å². The molecule has 0 saturated heterocycles. The summed E-state index contributed by atoms with van der Waals surface area (Å²) in [7, 11) is 0. The van der Waals surface area contributed by atoms with Crippen molar-refractivity contribution in [3.63, 3.8) is 0 Å². The van der Waals surface area contributed by atoms with Gasteiger partial charge in [-0.1, -0.05) is 6.07 Å². The van der Waals surface area contributed by atoms with E-state index in [9.17, 15) is 5.11 Å². The molecule has 1 aromatic carbocycles. The highest BCUT2D eigenvalue weighted by Gasteiger charge is 2.20. The predicted octanol–water partition coefficient (Wildman–Crippen LogP) is 4.33. The predicted molar refractivity (Wildman–Crippen MR) is 90.2 cm³/mol. The molecule has 22 heavy (non-hydrogen) atoms. The van der Waals surface area contributed by atoms with Gasteiger partial charge in [0.2, 0.25) is 0 Å². The van der Waals surface area contributed by atoms with E-state index in [2.05, 4.69) is 15.3 Å². The lowest BCUT2D eigenvalue weighted by Gasteiger charge is -2.13. The summed E-state index contributed by atoms with van der Waals surface area (Å²) < 4.78 is 0. The van der Waals surface area contributed by atoms with Gasteiger partial charge in [-0.15, -0.1) is 11.3 Å². The van der Waals surface area contributed by atoms with Crippen LogP contribution in [-0.4, -0.2) is 15.1 Å². The van der Waals surface area contributed by atoms with E-state index in [0.717, 1.165) is 40.4 Å². The van der Waals surface area contributed by atoms with Crippen LogP contribution in [0.4, 0.5) is 11.5 Å². The number of aromatic nitrogens is 2. The van der Waals surface area contributed by atoms with Crippen molar-refractivity contribution in [1.82, 2.24) is 9.97 Å². The normalized spacial score (nSPS) is 14.0. The van der Waals surface area contributed by atoms with E-state index >= 15 is 0 Å². The Labute approximate surface area is 132 Å². The van der Waals surface area contributed by atoms with Crippen LogP contribution in [0.5, 0.6) is 5.75 Å². The molecule has 0 aliphatic heterocycles. The van der Waals surface area contributed by atoms with Crippen molar-refractivity contribution in [2.75, 3.05) is 5.32 Å². The smallest absolute Gasteiger partial charge is 0.143 e. The number of hydrogen-bond donors (Lipinski definition) is 2. The molecule has 4 rings (SSSR count). The Bertz CT molecular complexity index is 856. The van der Waals surface area contributed by atoms with Crippen LogP contribution >= 0.6 is 11.3 Å². The molecule has 0 fully saturated rings. The number of fused-ring (bicyclic) bond motifs is 3. The lowest BCUT2D eigenvalue weighted by atomic mass is 9.97. The number of aryl methyl sites for hydroxylation is 3. The summed E-state index contributed by atoms with van der Waals surface area (Å²) in [5, 5.41) is 14.2. The molecule has 3 aromatic rings. The van der Waals surface area contributed by atoms with Crippen molar-refractivity contribution in [3.05, 3.63) is 40.5 Å². The Morgan fingerprint density at radius 1 is 1.18 bits per heavy atom. The second-order valence-electron chi connectivity index (χ2n) is 5.69. The summed E-state index contributed by atoms with van der Waals surface area (Å²) in [4.78, 5) is 11.8. The van der Waals surface area contributed by atoms with Crippen LogP contribution in [0.3, 0.4) is 0 Å². The topological polar surface area (TPSA) is 58.0 Å². The second kappa shape index (κ2) is 5.25. The molecule has 1 aliphatic carbocycles. The first-order valence-electron chi connectivity index (χ1n) is 7.55. The van der Waals surface area contributed by atoms with Gasteiger partial charge >= 0.3 is 0 Å². The highest BCUT2D eigenvalue weighted by Crippen LogP contribution is 2.39. The molecule has 0 amide bonds. The Morgan fingerprint density at radius 3 is 2.91 bits per heavy atom. The largest absolute Gasteiger partial charge is 0.508 e. The van der Waals surface area contributed by atoms with Gasteiger partial charge in [-0.3, -0.25) is 0 Å². The van der Waals surface area contributed by atoms with E-state index in [1.165, 1.54) is 23.3 Å². The minimum absolute atomic E-state index is 0.249. The number of rotatable bonds is 2. The van der Waals surface area contributed by atoms with Gasteiger partial charge < -0.3 is 10.4 Å². The number of aromatic hydroxyl groups is 1. The van der Waals surface area contributed by atoms with Crippen LogP contribution in [0.2, 0.25) is 0 Å². The van der Waals surface area contributed by atoms with E-state index < -0.39 is 0 Å². The van der Waals surface area contributed by atoms with Crippen LogP contribution in [0.25, 0.3) is 10.2 Å². The number of phenolic OH excluding ortho intramolecular Hbond substituents is 1. The summed E-state index contributed by atoms with van der Waals surface area (Å²) in [6.45, 7) is 1.92. The van der Waals surface area contributed by atoms with Crippen molar-refractivity contribution in [2.45, 2.75) is 32.6 Å². The molecule has 2 N–H and O–H groups in total. The van der Waals surface area contributed by atoms with E-state index in [0.29, 0.717) is 0 Å². The SMILES string of the molecule is Cc1nc(Nc2cccc(O)c2)c2c3c(sc2n1)CCCC3. The van der Waals surface area contributed by atoms with Gasteiger partial charge in [-0.05, 0) is 50.3 Å². The minimum Gasteiger partial charge on any atom is -0.508 e. The minimum atomic E-state index is 0.249. The number of nitrogens with zero attached hydrogens (tertiary/aromatic N) is 2. The lowest BCUT2D eigenvalue weighted by molar-refractivity contribution is 0.475. The molecule has 1 aliphatic rings. The standard InChI is InChI=1S/C17H17N3OS/c1-10-18-16(20-11-5-4-6-12(21)9-11)15-13-7-2-3-8-14(13)22-17(15)19-10/h4-6,9,21H,2-3,7-8H2,1H3,(H,18,19,20). The van der Waals surface area contributed by atoms with E-state index in [1.807, 2.05) is 19.1 Å². The molecular formula is C17H17N3OS. The van der Waals surface area contributed by atoms with Crippen LogP contribution in [-0.2, 0) is 12.8 Å². The summed E-state index contributed by atoms with van der Waals surface area (Å²) >= 11 is 1.80. The number of nitrogens with one attached hydrogen (secondary N) is 1. The zero-order valence-electron chi connectivity index (χ0n) is 12.4. The average Bonchev–Trinajstić information content (AvgIpc) is 2.85. The molecule has 0 unspecified atom stereocenters. The van der Waals surface area contributed by atoms with Crippen LogP contribution in [0.1, 0.15) is 29.1 Å². The Kier molecular flexibility index (Phi) is 3.22. The maximum atomic E-state index is 9.64. The Balaban J connectivity index is 1.87. The highest BCUT2D eigenvalue weighted by atomic mass is 32.1. The summed E-state index contributed by atoms with van der Waals surface area (Å²) in [6.07, 6.45) is 4.76. The number of hydrogen-bond acceptors (Lipinski definition) is 5. The van der Waals surface area contributed by atoms with Gasteiger partial charge in [0.25, 0.3) is 0 Å². The third-order valence-electron chi connectivity index (χ3n) is 4.04. The summed E-state index contributed by atoms with van der Waals surface area (Å²) in [5.74, 6) is 1.88.